The van der Waals surface area contributed by atoms with E-state index >= 15 is 0 Å². The van der Waals surface area contributed by atoms with Crippen molar-refractivity contribution in [3.05, 3.63) is 38.8 Å². The molecule has 2 N–H and O–H groups in total. The number of amides is 1. The van der Waals surface area contributed by atoms with E-state index in [4.69, 9.17) is 5.11 Å². The number of benzene rings is 1. The maximum Gasteiger partial charge on any atom is 0.335 e. The molecule has 0 aliphatic heterocycles. The van der Waals surface area contributed by atoms with Gasteiger partial charge in [0, 0.05) is 10.2 Å². The van der Waals surface area contributed by atoms with Gasteiger partial charge in [-0.15, -0.1) is 5.10 Å². The first-order valence-corrected chi connectivity index (χ1v) is 6.68. The zero-order valence-electron chi connectivity index (χ0n) is 9.68. The van der Waals surface area contributed by atoms with Crippen LogP contribution in [0.25, 0.3) is 0 Å². The lowest BCUT2D eigenvalue weighted by Gasteiger charge is -2.06. The number of carbonyl (C=O) groups is 2. The number of nitrogens with one attached hydrogen (secondary N) is 1. The zero-order chi connectivity index (χ0) is 14.0. The Kier molecular flexibility index (Phi) is 3.91. The summed E-state index contributed by atoms with van der Waals surface area (Å²) < 4.78 is 4.25. The minimum atomic E-state index is -1.06. The highest BCUT2D eigenvalue weighted by molar-refractivity contribution is 9.10. The van der Waals surface area contributed by atoms with E-state index in [2.05, 4.69) is 30.8 Å². The average molecular weight is 342 g/mol. The molecular weight excluding hydrogens is 334 g/mol. The summed E-state index contributed by atoms with van der Waals surface area (Å²) in [7, 11) is 0. The molecule has 0 spiro atoms. The van der Waals surface area contributed by atoms with Crippen LogP contribution in [0.3, 0.4) is 0 Å². The molecule has 0 bridgehead atoms. The maximum atomic E-state index is 11.9. The van der Waals surface area contributed by atoms with Crippen LogP contribution in [0.15, 0.2) is 22.7 Å². The van der Waals surface area contributed by atoms with Gasteiger partial charge in [-0.1, -0.05) is 20.4 Å². The highest BCUT2D eigenvalue weighted by Crippen LogP contribution is 2.21. The molecule has 1 aromatic carbocycles. The highest BCUT2D eigenvalue weighted by Gasteiger charge is 2.14. The number of hydrogen-bond acceptors (Lipinski definition) is 5. The monoisotopic (exact) mass is 341 g/mol. The third-order valence-corrected chi connectivity index (χ3v) is 3.54. The Morgan fingerprint density at radius 2 is 2.11 bits per heavy atom. The lowest BCUT2D eigenvalue weighted by molar-refractivity contribution is 0.0696. The molecule has 2 aromatic rings. The van der Waals surface area contributed by atoms with Crippen molar-refractivity contribution in [2.75, 3.05) is 5.32 Å². The van der Waals surface area contributed by atoms with Gasteiger partial charge in [0.25, 0.3) is 5.91 Å². The SMILES string of the molecule is Cc1nnsc1C(=O)Nc1cc(Br)cc(C(=O)O)c1. The van der Waals surface area contributed by atoms with Crippen molar-refractivity contribution in [2.24, 2.45) is 0 Å². The molecule has 1 heterocycles. The number of nitrogens with zero attached hydrogens (tertiary/aromatic N) is 2. The fourth-order valence-corrected chi connectivity index (χ4v) is 2.46. The van der Waals surface area contributed by atoms with E-state index in [-0.39, 0.29) is 11.5 Å². The van der Waals surface area contributed by atoms with Gasteiger partial charge in [0.15, 0.2) is 0 Å². The smallest absolute Gasteiger partial charge is 0.335 e. The Bertz CT molecular complexity index is 656. The summed E-state index contributed by atoms with van der Waals surface area (Å²) in [6, 6.07) is 4.46. The second kappa shape index (κ2) is 5.45. The Labute approximate surface area is 120 Å². The molecule has 0 fully saturated rings. The molecule has 0 unspecified atom stereocenters. The third kappa shape index (κ3) is 3.15. The topological polar surface area (TPSA) is 92.2 Å². The molecule has 0 saturated heterocycles. The summed E-state index contributed by atoms with van der Waals surface area (Å²) in [4.78, 5) is 23.3. The third-order valence-electron chi connectivity index (χ3n) is 2.26. The molecule has 1 aromatic heterocycles. The molecule has 98 valence electrons. The van der Waals surface area contributed by atoms with Crippen molar-refractivity contribution in [3.8, 4) is 0 Å². The molecule has 0 radical (unpaired) electrons. The van der Waals surface area contributed by atoms with Gasteiger partial charge < -0.3 is 10.4 Å². The van der Waals surface area contributed by atoms with Crippen LogP contribution < -0.4 is 5.32 Å². The number of hydrogen-bond donors (Lipinski definition) is 2. The van der Waals surface area contributed by atoms with Crippen LogP contribution in [0, 0.1) is 6.92 Å². The number of aryl methyl sites for hydroxylation is 1. The van der Waals surface area contributed by atoms with Gasteiger partial charge in [-0.3, -0.25) is 4.79 Å². The van der Waals surface area contributed by atoms with Gasteiger partial charge in [0.2, 0.25) is 0 Å². The molecular formula is C11H8BrN3O3S. The quantitative estimate of drug-likeness (QED) is 0.894. The second-order valence-corrected chi connectivity index (χ2v) is 5.35. The van der Waals surface area contributed by atoms with Crippen molar-refractivity contribution in [3.63, 3.8) is 0 Å². The lowest BCUT2D eigenvalue weighted by Crippen LogP contribution is -2.12. The summed E-state index contributed by atoms with van der Waals surface area (Å²) in [5.41, 5.74) is 1.02. The fourth-order valence-electron chi connectivity index (χ4n) is 1.41. The Morgan fingerprint density at radius 1 is 1.37 bits per heavy atom. The molecule has 0 saturated carbocycles. The van der Waals surface area contributed by atoms with E-state index in [0.29, 0.717) is 20.7 Å². The molecule has 0 aliphatic carbocycles. The number of anilines is 1. The van der Waals surface area contributed by atoms with E-state index in [9.17, 15) is 9.59 Å². The molecule has 1 amide bonds. The van der Waals surface area contributed by atoms with E-state index in [1.165, 1.54) is 12.1 Å². The molecule has 0 atom stereocenters. The van der Waals surface area contributed by atoms with Crippen molar-refractivity contribution in [1.29, 1.82) is 0 Å². The van der Waals surface area contributed by atoms with Crippen LogP contribution >= 0.6 is 27.5 Å². The van der Waals surface area contributed by atoms with Crippen LogP contribution in [0.5, 0.6) is 0 Å². The fraction of sp³-hybridized carbons (Fsp3) is 0.0909. The Balaban J connectivity index is 2.26. The van der Waals surface area contributed by atoms with E-state index < -0.39 is 5.97 Å². The van der Waals surface area contributed by atoms with E-state index in [1.54, 1.807) is 13.0 Å². The standard InChI is InChI=1S/C11H8BrN3O3S/c1-5-9(19-15-14-5)10(16)13-8-3-6(11(17)18)2-7(12)4-8/h2-4H,1H3,(H,13,16)(H,17,18). The van der Waals surface area contributed by atoms with Crippen LogP contribution in [0.4, 0.5) is 5.69 Å². The van der Waals surface area contributed by atoms with Crippen LogP contribution in [0.1, 0.15) is 25.7 Å². The van der Waals surface area contributed by atoms with Gasteiger partial charge in [-0.05, 0) is 36.7 Å². The molecule has 6 nitrogen and oxygen atoms in total. The average Bonchev–Trinajstić information content (AvgIpc) is 2.74. The maximum absolute atomic E-state index is 11.9. The summed E-state index contributed by atoms with van der Waals surface area (Å²) in [5.74, 6) is -1.42. The second-order valence-electron chi connectivity index (χ2n) is 3.68. The number of aromatic nitrogens is 2. The summed E-state index contributed by atoms with van der Waals surface area (Å²) in [6.07, 6.45) is 0. The number of carboxylic acid groups (broad SMARTS) is 1. The van der Waals surface area contributed by atoms with Crippen LogP contribution in [-0.2, 0) is 0 Å². The predicted molar refractivity (Wildman–Crippen MR) is 73.7 cm³/mol. The molecule has 0 aliphatic rings. The van der Waals surface area contributed by atoms with Crippen LogP contribution in [-0.4, -0.2) is 26.6 Å². The highest BCUT2D eigenvalue weighted by atomic mass is 79.9. The minimum Gasteiger partial charge on any atom is -0.478 e. The zero-order valence-corrected chi connectivity index (χ0v) is 12.1. The number of aromatic carboxylic acids is 1. The van der Waals surface area contributed by atoms with Crippen molar-refractivity contribution < 1.29 is 14.7 Å². The molecule has 19 heavy (non-hydrogen) atoms. The van der Waals surface area contributed by atoms with Gasteiger partial charge in [0.1, 0.15) is 4.88 Å². The van der Waals surface area contributed by atoms with Gasteiger partial charge in [-0.25, -0.2) is 4.79 Å². The number of carbonyl (C=O) groups excluding carboxylic acids is 1. The Morgan fingerprint density at radius 3 is 2.68 bits per heavy atom. The van der Waals surface area contributed by atoms with Crippen molar-refractivity contribution >= 4 is 45.0 Å². The first kappa shape index (κ1) is 13.6. The minimum absolute atomic E-state index is 0.0869. The van der Waals surface area contributed by atoms with E-state index in [1.807, 2.05) is 0 Å². The van der Waals surface area contributed by atoms with E-state index in [0.717, 1.165) is 11.5 Å². The lowest BCUT2D eigenvalue weighted by atomic mass is 10.2. The summed E-state index contributed by atoms with van der Waals surface area (Å²) in [6.45, 7) is 1.68. The first-order valence-electron chi connectivity index (χ1n) is 5.11. The van der Waals surface area contributed by atoms with Gasteiger partial charge in [-0.2, -0.15) is 0 Å². The van der Waals surface area contributed by atoms with Gasteiger partial charge in [0.05, 0.1) is 11.3 Å². The molecule has 2 rings (SSSR count). The first-order chi connectivity index (χ1) is 8.97. The number of halogens is 1. The number of rotatable bonds is 3. The van der Waals surface area contributed by atoms with Crippen molar-refractivity contribution in [2.45, 2.75) is 6.92 Å². The van der Waals surface area contributed by atoms with Crippen molar-refractivity contribution in [1.82, 2.24) is 9.59 Å². The predicted octanol–water partition coefficient (Wildman–Crippen LogP) is 2.56. The summed E-state index contributed by atoms with van der Waals surface area (Å²) >= 11 is 4.19. The molecule has 8 heteroatoms. The van der Waals surface area contributed by atoms with Gasteiger partial charge >= 0.3 is 5.97 Å². The number of carboxylic acids is 1. The Hall–Kier alpha value is -1.80. The normalized spacial score (nSPS) is 10.2. The summed E-state index contributed by atoms with van der Waals surface area (Å²) in [5, 5.41) is 15.3. The largest absolute Gasteiger partial charge is 0.478 e. The van der Waals surface area contributed by atoms with Crippen LogP contribution in [0.2, 0.25) is 0 Å².